The van der Waals surface area contributed by atoms with Crippen molar-refractivity contribution in [1.29, 1.82) is 0 Å². The van der Waals surface area contributed by atoms with Crippen LogP contribution in [0.4, 0.5) is 0 Å². The second kappa shape index (κ2) is 3.19. The molecule has 1 rings (SSSR count). The molecule has 3 atom stereocenters. The van der Waals surface area contributed by atoms with E-state index in [9.17, 15) is 9.90 Å². The summed E-state index contributed by atoms with van der Waals surface area (Å²) in [4.78, 5) is 10.9. The average molecular weight is 160 g/mol. The molecule has 0 aliphatic heterocycles. The SMILES string of the molecule is COC(=O)C1CCC(O)C1O. The molecule has 0 aromatic carbocycles. The zero-order valence-electron chi connectivity index (χ0n) is 6.36. The van der Waals surface area contributed by atoms with Crippen LogP contribution in [0.2, 0.25) is 0 Å². The van der Waals surface area contributed by atoms with Gasteiger partial charge < -0.3 is 14.9 Å². The first kappa shape index (κ1) is 8.49. The zero-order valence-corrected chi connectivity index (χ0v) is 6.36. The molecule has 0 aromatic rings. The maximum atomic E-state index is 10.9. The van der Waals surface area contributed by atoms with Crippen LogP contribution in [-0.4, -0.2) is 35.5 Å². The van der Waals surface area contributed by atoms with Crippen LogP contribution >= 0.6 is 0 Å². The molecule has 1 fully saturated rings. The summed E-state index contributed by atoms with van der Waals surface area (Å²) in [6, 6.07) is 0. The maximum absolute atomic E-state index is 10.9. The highest BCUT2D eigenvalue weighted by Crippen LogP contribution is 2.26. The average Bonchev–Trinajstić information content (AvgIpc) is 2.32. The van der Waals surface area contributed by atoms with Crippen molar-refractivity contribution in [2.45, 2.75) is 25.0 Å². The molecule has 0 aromatic heterocycles. The van der Waals surface area contributed by atoms with Crippen molar-refractivity contribution >= 4 is 5.97 Å². The molecule has 11 heavy (non-hydrogen) atoms. The number of aliphatic hydroxyl groups excluding tert-OH is 2. The molecule has 0 spiro atoms. The van der Waals surface area contributed by atoms with E-state index < -0.39 is 24.1 Å². The monoisotopic (exact) mass is 160 g/mol. The molecule has 1 aliphatic carbocycles. The summed E-state index contributed by atoms with van der Waals surface area (Å²) in [5.41, 5.74) is 0. The van der Waals surface area contributed by atoms with Crippen molar-refractivity contribution in [1.82, 2.24) is 0 Å². The number of methoxy groups -OCH3 is 1. The lowest BCUT2D eigenvalue weighted by atomic mass is 10.1. The molecule has 0 radical (unpaired) electrons. The first-order valence-electron chi connectivity index (χ1n) is 3.60. The van der Waals surface area contributed by atoms with E-state index in [-0.39, 0.29) is 0 Å². The lowest BCUT2D eigenvalue weighted by Crippen LogP contribution is -2.30. The molecule has 3 unspecified atom stereocenters. The van der Waals surface area contributed by atoms with Crippen molar-refractivity contribution in [3.05, 3.63) is 0 Å². The maximum Gasteiger partial charge on any atom is 0.311 e. The fourth-order valence-corrected chi connectivity index (χ4v) is 1.37. The fraction of sp³-hybridized carbons (Fsp3) is 0.857. The van der Waals surface area contributed by atoms with Crippen LogP contribution in [0.5, 0.6) is 0 Å². The van der Waals surface area contributed by atoms with Gasteiger partial charge in [-0.1, -0.05) is 0 Å². The third-order valence-corrected chi connectivity index (χ3v) is 2.08. The lowest BCUT2D eigenvalue weighted by molar-refractivity contribution is -0.149. The Morgan fingerprint density at radius 2 is 2.09 bits per heavy atom. The summed E-state index contributed by atoms with van der Waals surface area (Å²) in [7, 11) is 1.28. The highest BCUT2D eigenvalue weighted by atomic mass is 16.5. The minimum atomic E-state index is -0.942. The summed E-state index contributed by atoms with van der Waals surface area (Å²) < 4.78 is 4.44. The highest BCUT2D eigenvalue weighted by molar-refractivity contribution is 5.73. The Bertz CT molecular complexity index is 157. The Morgan fingerprint density at radius 1 is 1.45 bits per heavy atom. The van der Waals surface area contributed by atoms with Crippen LogP contribution in [0.25, 0.3) is 0 Å². The van der Waals surface area contributed by atoms with Gasteiger partial charge in [0.15, 0.2) is 0 Å². The number of rotatable bonds is 1. The molecule has 0 saturated heterocycles. The molecule has 1 saturated carbocycles. The Labute approximate surface area is 64.8 Å². The molecule has 4 nitrogen and oxygen atoms in total. The van der Waals surface area contributed by atoms with Gasteiger partial charge in [-0.05, 0) is 12.8 Å². The number of hydrogen-bond acceptors (Lipinski definition) is 4. The first-order chi connectivity index (χ1) is 5.16. The minimum Gasteiger partial charge on any atom is -0.469 e. The van der Waals surface area contributed by atoms with Gasteiger partial charge in [-0.15, -0.1) is 0 Å². The quantitative estimate of drug-likeness (QED) is 0.497. The highest BCUT2D eigenvalue weighted by Gasteiger charge is 2.38. The third kappa shape index (κ3) is 1.52. The van der Waals surface area contributed by atoms with Gasteiger partial charge in [0.2, 0.25) is 0 Å². The smallest absolute Gasteiger partial charge is 0.311 e. The Kier molecular flexibility index (Phi) is 2.46. The molecule has 1 aliphatic rings. The Hall–Kier alpha value is -0.610. The molecule has 64 valence electrons. The molecule has 0 bridgehead atoms. The van der Waals surface area contributed by atoms with E-state index in [1.807, 2.05) is 0 Å². The van der Waals surface area contributed by atoms with E-state index >= 15 is 0 Å². The van der Waals surface area contributed by atoms with Crippen LogP contribution in [-0.2, 0) is 9.53 Å². The third-order valence-electron chi connectivity index (χ3n) is 2.08. The van der Waals surface area contributed by atoms with Crippen molar-refractivity contribution in [3.8, 4) is 0 Å². The van der Waals surface area contributed by atoms with Gasteiger partial charge in [0, 0.05) is 0 Å². The van der Waals surface area contributed by atoms with Crippen LogP contribution in [0, 0.1) is 5.92 Å². The summed E-state index contributed by atoms with van der Waals surface area (Å²) in [6.45, 7) is 0. The van der Waals surface area contributed by atoms with Crippen LogP contribution in [0.1, 0.15) is 12.8 Å². The minimum absolute atomic E-state index is 0.436. The lowest BCUT2D eigenvalue weighted by Gasteiger charge is -2.13. The number of carbonyl (C=O) groups is 1. The Morgan fingerprint density at radius 3 is 2.45 bits per heavy atom. The summed E-state index contributed by atoms with van der Waals surface area (Å²) >= 11 is 0. The van der Waals surface area contributed by atoms with E-state index in [4.69, 9.17) is 5.11 Å². The van der Waals surface area contributed by atoms with Crippen LogP contribution < -0.4 is 0 Å². The number of hydrogen-bond donors (Lipinski definition) is 2. The van der Waals surface area contributed by atoms with Gasteiger partial charge in [0.25, 0.3) is 0 Å². The standard InChI is InChI=1S/C7H12O4/c1-11-7(10)4-2-3-5(8)6(4)9/h4-6,8-9H,2-3H2,1H3. The normalized spacial score (nSPS) is 37.2. The molecule has 0 heterocycles. The van der Waals surface area contributed by atoms with Crippen molar-refractivity contribution in [2.24, 2.45) is 5.92 Å². The zero-order chi connectivity index (χ0) is 8.43. The van der Waals surface area contributed by atoms with E-state index in [2.05, 4.69) is 4.74 Å². The number of carbonyl (C=O) groups excluding carboxylic acids is 1. The predicted molar refractivity (Wildman–Crippen MR) is 36.8 cm³/mol. The van der Waals surface area contributed by atoms with Crippen molar-refractivity contribution in [2.75, 3.05) is 7.11 Å². The van der Waals surface area contributed by atoms with Gasteiger partial charge in [0.1, 0.15) is 0 Å². The molecule has 0 amide bonds. The second-order valence-corrected chi connectivity index (χ2v) is 2.76. The van der Waals surface area contributed by atoms with Gasteiger partial charge in [-0.2, -0.15) is 0 Å². The number of aliphatic hydroxyl groups is 2. The van der Waals surface area contributed by atoms with Gasteiger partial charge >= 0.3 is 5.97 Å². The number of ether oxygens (including phenoxy) is 1. The first-order valence-corrected chi connectivity index (χ1v) is 3.60. The fourth-order valence-electron chi connectivity index (χ4n) is 1.37. The van der Waals surface area contributed by atoms with E-state index in [0.717, 1.165) is 0 Å². The number of esters is 1. The van der Waals surface area contributed by atoms with Crippen molar-refractivity contribution in [3.63, 3.8) is 0 Å². The summed E-state index contributed by atoms with van der Waals surface area (Å²) in [5, 5.41) is 18.3. The van der Waals surface area contributed by atoms with Crippen LogP contribution in [0.3, 0.4) is 0 Å². The van der Waals surface area contributed by atoms with Gasteiger partial charge in [-0.3, -0.25) is 4.79 Å². The van der Waals surface area contributed by atoms with E-state index in [1.54, 1.807) is 0 Å². The predicted octanol–water partition coefficient (Wildman–Crippen LogP) is -0.709. The second-order valence-electron chi connectivity index (χ2n) is 2.76. The summed E-state index contributed by atoms with van der Waals surface area (Å²) in [5.74, 6) is -0.968. The van der Waals surface area contributed by atoms with Crippen LogP contribution in [0.15, 0.2) is 0 Å². The molecule has 2 N–H and O–H groups in total. The largest absolute Gasteiger partial charge is 0.469 e. The van der Waals surface area contributed by atoms with E-state index in [1.165, 1.54) is 7.11 Å². The van der Waals surface area contributed by atoms with Gasteiger partial charge in [0.05, 0.1) is 25.2 Å². The van der Waals surface area contributed by atoms with E-state index in [0.29, 0.717) is 12.8 Å². The molecular weight excluding hydrogens is 148 g/mol. The van der Waals surface area contributed by atoms with Gasteiger partial charge in [-0.25, -0.2) is 0 Å². The Balaban J connectivity index is 2.54. The summed E-state index contributed by atoms with van der Waals surface area (Å²) in [6.07, 6.45) is -0.725. The van der Waals surface area contributed by atoms with Crippen molar-refractivity contribution < 1.29 is 19.7 Å². The molecule has 4 heteroatoms. The molecular formula is C7H12O4. The topological polar surface area (TPSA) is 66.8 Å².